The van der Waals surface area contributed by atoms with Gasteiger partial charge in [0, 0.05) is 28.5 Å². The number of carbonyl (C=O) groups excluding carboxylic acids is 2. The maximum atomic E-state index is 13.7. The van der Waals surface area contributed by atoms with Gasteiger partial charge in [0.15, 0.2) is 0 Å². The van der Waals surface area contributed by atoms with Gasteiger partial charge >= 0.3 is 4.87 Å². The molecule has 152 valence electrons. The average molecular weight is 439 g/mol. The first-order valence-electron chi connectivity index (χ1n) is 9.52. The fraction of sp³-hybridized carbons (Fsp3) is 0.227. The molecule has 0 unspecified atom stereocenters. The zero-order chi connectivity index (χ0) is 20.9. The summed E-state index contributed by atoms with van der Waals surface area (Å²) < 4.78 is 0. The van der Waals surface area contributed by atoms with E-state index < -0.39 is 11.3 Å². The molecule has 6 nitrogen and oxygen atoms in total. The summed E-state index contributed by atoms with van der Waals surface area (Å²) in [5.41, 5.74) is 0.413. The van der Waals surface area contributed by atoms with E-state index in [1.807, 2.05) is 30.3 Å². The smallest absolute Gasteiger partial charge is 0.305 e. The van der Waals surface area contributed by atoms with Crippen molar-refractivity contribution in [1.29, 1.82) is 0 Å². The molecule has 2 N–H and O–H groups in total. The van der Waals surface area contributed by atoms with Crippen LogP contribution in [0.1, 0.15) is 28.3 Å². The molecule has 0 radical (unpaired) electrons. The van der Waals surface area contributed by atoms with Gasteiger partial charge in [-0.1, -0.05) is 59.9 Å². The molecule has 2 aromatic carbocycles. The van der Waals surface area contributed by atoms with Crippen LogP contribution in [0.2, 0.25) is 0 Å². The molecule has 2 amide bonds. The molecule has 2 aliphatic heterocycles. The summed E-state index contributed by atoms with van der Waals surface area (Å²) in [6, 6.07) is 16.3. The van der Waals surface area contributed by atoms with E-state index in [1.54, 1.807) is 24.3 Å². The molecule has 8 heteroatoms. The number of nitrogens with zero attached hydrogens (tertiary/aromatic N) is 1. The molecule has 2 aliphatic rings. The van der Waals surface area contributed by atoms with Crippen LogP contribution in [0.15, 0.2) is 64.4 Å². The molecule has 1 spiro atoms. The van der Waals surface area contributed by atoms with E-state index in [1.165, 1.54) is 16.7 Å². The molecule has 3 aromatic rings. The number of amides is 2. The summed E-state index contributed by atoms with van der Waals surface area (Å²) in [4.78, 5) is 43.5. The van der Waals surface area contributed by atoms with Crippen molar-refractivity contribution in [2.75, 3.05) is 5.75 Å². The summed E-state index contributed by atoms with van der Waals surface area (Å²) in [6.45, 7) is 0.217. The molecule has 3 heterocycles. The number of aromatic hydroxyl groups is 1. The second kappa shape index (κ2) is 7.14. The van der Waals surface area contributed by atoms with Gasteiger partial charge in [-0.05, 0) is 11.6 Å². The molecule has 5 rings (SSSR count). The second-order valence-corrected chi connectivity index (χ2v) is 9.59. The molecule has 0 saturated carbocycles. The quantitative estimate of drug-likeness (QED) is 0.612. The SMILES string of the molecule is O=C1C[C@@]2(CSc3[nH]c(=O)sc3[C@H]2c2ccccc2O)C(=O)N1Cc1ccccc1. The highest BCUT2D eigenvalue weighted by atomic mass is 32.2. The topological polar surface area (TPSA) is 90.5 Å². The van der Waals surface area contributed by atoms with E-state index in [9.17, 15) is 19.5 Å². The van der Waals surface area contributed by atoms with Crippen LogP contribution in [0.5, 0.6) is 5.75 Å². The number of likely N-dealkylation sites (tertiary alicyclic amines) is 1. The van der Waals surface area contributed by atoms with Gasteiger partial charge in [-0.15, -0.1) is 11.8 Å². The minimum atomic E-state index is -1.03. The molecule has 2 atom stereocenters. The van der Waals surface area contributed by atoms with Crippen molar-refractivity contribution in [1.82, 2.24) is 9.88 Å². The van der Waals surface area contributed by atoms with Crippen molar-refractivity contribution in [3.05, 3.63) is 80.3 Å². The van der Waals surface area contributed by atoms with Gasteiger partial charge in [-0.2, -0.15) is 0 Å². The maximum absolute atomic E-state index is 13.7. The van der Waals surface area contributed by atoms with Crippen molar-refractivity contribution < 1.29 is 14.7 Å². The van der Waals surface area contributed by atoms with Crippen LogP contribution in [0.4, 0.5) is 0 Å². The number of fused-ring (bicyclic) bond motifs is 1. The Balaban J connectivity index is 1.63. The fourth-order valence-corrected chi connectivity index (χ4v) is 6.97. The second-order valence-electron chi connectivity index (χ2n) is 7.59. The number of thiazole rings is 1. The van der Waals surface area contributed by atoms with Crippen molar-refractivity contribution in [2.24, 2.45) is 5.41 Å². The lowest BCUT2D eigenvalue weighted by Gasteiger charge is -2.38. The third-order valence-electron chi connectivity index (χ3n) is 5.80. The Morgan fingerprint density at radius 3 is 2.57 bits per heavy atom. The van der Waals surface area contributed by atoms with Gasteiger partial charge in [0.1, 0.15) is 5.75 Å². The zero-order valence-electron chi connectivity index (χ0n) is 15.8. The van der Waals surface area contributed by atoms with E-state index >= 15 is 0 Å². The molecule has 1 fully saturated rings. The van der Waals surface area contributed by atoms with Crippen LogP contribution < -0.4 is 4.87 Å². The summed E-state index contributed by atoms with van der Waals surface area (Å²) >= 11 is 2.44. The predicted molar refractivity (Wildman–Crippen MR) is 115 cm³/mol. The lowest BCUT2D eigenvalue weighted by Crippen LogP contribution is -2.42. The molecule has 1 aromatic heterocycles. The fourth-order valence-electron chi connectivity index (χ4n) is 4.42. The standard InChI is InChI=1S/C22H18N2O4S2/c25-15-9-5-4-8-14(15)17-18-19(23-21(28)30-18)29-12-22(17)10-16(26)24(20(22)27)11-13-6-2-1-3-7-13/h1-9,17,25H,10-12H2,(H,23,28)/t17-,22+/m1/s1. The number of aromatic amines is 1. The highest BCUT2D eigenvalue weighted by Gasteiger charge is 2.59. The van der Waals surface area contributed by atoms with Gasteiger partial charge in [0.2, 0.25) is 11.8 Å². The first kappa shape index (κ1) is 19.1. The number of phenols is 1. The molecule has 0 bridgehead atoms. The first-order chi connectivity index (χ1) is 14.5. The Hall–Kier alpha value is -2.84. The summed E-state index contributed by atoms with van der Waals surface area (Å²) in [5.74, 6) is -0.611. The van der Waals surface area contributed by atoms with E-state index in [-0.39, 0.29) is 35.4 Å². The average Bonchev–Trinajstić information content (AvgIpc) is 3.22. The maximum Gasteiger partial charge on any atom is 0.305 e. The van der Waals surface area contributed by atoms with Gasteiger partial charge in [0.05, 0.1) is 17.0 Å². The van der Waals surface area contributed by atoms with Crippen molar-refractivity contribution in [3.8, 4) is 5.75 Å². The Labute approximate surface area is 180 Å². The van der Waals surface area contributed by atoms with Gasteiger partial charge < -0.3 is 10.1 Å². The number of thioether (sulfide) groups is 1. The number of benzene rings is 2. The Morgan fingerprint density at radius 2 is 1.80 bits per heavy atom. The minimum absolute atomic E-state index is 0.0518. The molecule has 0 aliphatic carbocycles. The number of hydrogen-bond acceptors (Lipinski definition) is 6. The molecule has 1 saturated heterocycles. The largest absolute Gasteiger partial charge is 0.508 e. The van der Waals surface area contributed by atoms with E-state index in [0.29, 0.717) is 21.2 Å². The highest BCUT2D eigenvalue weighted by Crippen LogP contribution is 2.58. The summed E-state index contributed by atoms with van der Waals surface area (Å²) in [7, 11) is 0. The van der Waals surface area contributed by atoms with Crippen molar-refractivity contribution >= 4 is 34.9 Å². The molecule has 30 heavy (non-hydrogen) atoms. The lowest BCUT2D eigenvalue weighted by atomic mass is 9.70. The summed E-state index contributed by atoms with van der Waals surface area (Å²) in [5, 5.41) is 11.3. The summed E-state index contributed by atoms with van der Waals surface area (Å²) in [6.07, 6.45) is 0.0518. The number of phenolic OH excluding ortho intramolecular Hbond substituents is 1. The predicted octanol–water partition coefficient (Wildman–Crippen LogP) is 3.33. The van der Waals surface area contributed by atoms with E-state index in [2.05, 4.69) is 4.98 Å². The van der Waals surface area contributed by atoms with Crippen molar-refractivity contribution in [3.63, 3.8) is 0 Å². The third-order valence-corrected chi connectivity index (χ3v) is 8.15. The Bertz CT molecular complexity index is 1200. The van der Waals surface area contributed by atoms with Crippen LogP contribution in [0, 0.1) is 5.41 Å². The monoisotopic (exact) mass is 438 g/mol. The first-order valence-corrected chi connectivity index (χ1v) is 11.3. The van der Waals surface area contributed by atoms with E-state index in [4.69, 9.17) is 0 Å². The number of hydrogen-bond donors (Lipinski definition) is 2. The highest BCUT2D eigenvalue weighted by molar-refractivity contribution is 7.99. The molecular weight excluding hydrogens is 420 g/mol. The van der Waals surface area contributed by atoms with Crippen LogP contribution in [-0.4, -0.2) is 32.6 Å². The van der Waals surface area contributed by atoms with Gasteiger partial charge in [-0.3, -0.25) is 19.3 Å². The molecular formula is C22H18N2O4S2. The Kier molecular flexibility index (Phi) is 4.56. The number of nitrogens with one attached hydrogen (secondary N) is 1. The van der Waals surface area contributed by atoms with Crippen LogP contribution in [-0.2, 0) is 16.1 Å². The van der Waals surface area contributed by atoms with Crippen LogP contribution in [0.25, 0.3) is 0 Å². The number of aromatic nitrogens is 1. The number of rotatable bonds is 3. The van der Waals surface area contributed by atoms with Gasteiger partial charge in [0.25, 0.3) is 0 Å². The van der Waals surface area contributed by atoms with E-state index in [0.717, 1.165) is 16.9 Å². The number of H-pyrrole nitrogens is 1. The van der Waals surface area contributed by atoms with Crippen molar-refractivity contribution in [2.45, 2.75) is 23.9 Å². The Morgan fingerprint density at radius 1 is 1.07 bits per heavy atom. The minimum Gasteiger partial charge on any atom is -0.508 e. The third kappa shape index (κ3) is 2.90. The lowest BCUT2D eigenvalue weighted by molar-refractivity contribution is -0.142. The van der Waals surface area contributed by atoms with Crippen LogP contribution >= 0.6 is 23.1 Å². The van der Waals surface area contributed by atoms with Crippen LogP contribution in [0.3, 0.4) is 0 Å². The van der Waals surface area contributed by atoms with Gasteiger partial charge in [-0.25, -0.2) is 0 Å². The number of imide groups is 1. The number of carbonyl (C=O) groups is 2. The number of para-hydroxylation sites is 1. The zero-order valence-corrected chi connectivity index (χ0v) is 17.5. The normalized spacial score (nSPS) is 23.2.